The summed E-state index contributed by atoms with van der Waals surface area (Å²) < 4.78 is 32.6. The molecule has 1 aromatic rings. The molecule has 0 bridgehead atoms. The fourth-order valence-electron chi connectivity index (χ4n) is 1.36. The molecule has 8 heteroatoms. The lowest BCUT2D eigenvalue weighted by molar-refractivity contribution is 0.204. The van der Waals surface area contributed by atoms with Crippen LogP contribution in [0.1, 0.15) is 11.1 Å². The minimum Gasteiger partial charge on any atom is -0.384 e. The Labute approximate surface area is 112 Å². The fraction of sp³-hybridized carbons (Fsp3) is 0.364. The quantitative estimate of drug-likeness (QED) is 0.294. The van der Waals surface area contributed by atoms with Crippen LogP contribution >= 0.6 is 0 Å². The average Bonchev–Trinajstić information content (AvgIpc) is 2.37. The summed E-state index contributed by atoms with van der Waals surface area (Å²) in [7, 11) is -2.06. The standard InChI is InChI=1S/C11H18N4O3S/c1-18-6-5-14-19(16,17)15-8-9-3-2-4-10(7-9)11(12)13/h2-4,7,14-15H,5-6,8H2,1H3,(H3,12,13). The van der Waals surface area contributed by atoms with Crippen molar-refractivity contribution in [3.05, 3.63) is 35.4 Å². The topological polar surface area (TPSA) is 117 Å². The number of nitrogens with one attached hydrogen (secondary N) is 3. The minimum atomic E-state index is -3.55. The lowest BCUT2D eigenvalue weighted by atomic mass is 10.1. The molecule has 0 unspecified atom stereocenters. The summed E-state index contributed by atoms with van der Waals surface area (Å²) in [5.41, 5.74) is 6.65. The molecule has 1 rings (SSSR count). The van der Waals surface area contributed by atoms with E-state index in [9.17, 15) is 8.42 Å². The Kier molecular flexibility index (Phi) is 5.90. The predicted molar refractivity (Wildman–Crippen MR) is 73.1 cm³/mol. The monoisotopic (exact) mass is 286 g/mol. The highest BCUT2D eigenvalue weighted by Crippen LogP contribution is 2.04. The van der Waals surface area contributed by atoms with Gasteiger partial charge in [-0.25, -0.2) is 0 Å². The number of nitrogen functional groups attached to an aromatic ring is 1. The van der Waals surface area contributed by atoms with Gasteiger partial charge >= 0.3 is 0 Å². The highest BCUT2D eigenvalue weighted by atomic mass is 32.2. The number of benzene rings is 1. The van der Waals surface area contributed by atoms with Gasteiger partial charge < -0.3 is 10.5 Å². The molecule has 0 saturated heterocycles. The third-order valence-electron chi connectivity index (χ3n) is 2.30. The SMILES string of the molecule is COCCNS(=O)(=O)NCc1cccc(C(=N)N)c1. The van der Waals surface area contributed by atoms with E-state index in [1.165, 1.54) is 7.11 Å². The van der Waals surface area contributed by atoms with Crippen molar-refractivity contribution in [3.63, 3.8) is 0 Å². The van der Waals surface area contributed by atoms with Gasteiger partial charge in [-0.05, 0) is 11.6 Å². The number of hydrogen-bond donors (Lipinski definition) is 4. The van der Waals surface area contributed by atoms with E-state index in [0.717, 1.165) is 5.56 Å². The molecule has 0 aliphatic rings. The van der Waals surface area contributed by atoms with Crippen molar-refractivity contribution in [2.24, 2.45) is 5.73 Å². The molecule has 0 saturated carbocycles. The van der Waals surface area contributed by atoms with Crippen molar-refractivity contribution in [1.82, 2.24) is 9.44 Å². The predicted octanol–water partition coefficient (Wildman–Crippen LogP) is -0.459. The van der Waals surface area contributed by atoms with Gasteiger partial charge in [0.05, 0.1) is 6.61 Å². The van der Waals surface area contributed by atoms with Crippen LogP contribution in [0.25, 0.3) is 0 Å². The smallest absolute Gasteiger partial charge is 0.277 e. The van der Waals surface area contributed by atoms with Crippen LogP contribution in [0.2, 0.25) is 0 Å². The molecule has 0 atom stereocenters. The Balaban J connectivity index is 2.56. The maximum atomic E-state index is 11.6. The van der Waals surface area contributed by atoms with Gasteiger partial charge in [-0.15, -0.1) is 0 Å². The van der Waals surface area contributed by atoms with Gasteiger partial charge in [-0.2, -0.15) is 17.9 Å². The molecule has 1 aromatic carbocycles. The van der Waals surface area contributed by atoms with E-state index in [-0.39, 0.29) is 18.9 Å². The van der Waals surface area contributed by atoms with Crippen LogP contribution in [0.15, 0.2) is 24.3 Å². The number of amidine groups is 1. The zero-order valence-corrected chi connectivity index (χ0v) is 11.5. The first-order valence-electron chi connectivity index (χ1n) is 5.61. The third-order valence-corrected chi connectivity index (χ3v) is 3.41. The summed E-state index contributed by atoms with van der Waals surface area (Å²) in [4.78, 5) is 0. The lowest BCUT2D eigenvalue weighted by Gasteiger charge is -2.08. The van der Waals surface area contributed by atoms with Gasteiger partial charge in [0.15, 0.2) is 0 Å². The molecule has 5 N–H and O–H groups in total. The Morgan fingerprint density at radius 3 is 2.79 bits per heavy atom. The van der Waals surface area contributed by atoms with Crippen molar-refractivity contribution < 1.29 is 13.2 Å². The van der Waals surface area contributed by atoms with E-state index < -0.39 is 10.2 Å². The molecule has 0 spiro atoms. The second-order valence-corrected chi connectivity index (χ2v) is 5.41. The highest BCUT2D eigenvalue weighted by molar-refractivity contribution is 7.87. The lowest BCUT2D eigenvalue weighted by Crippen LogP contribution is -2.37. The fourth-order valence-corrected chi connectivity index (χ4v) is 2.17. The summed E-state index contributed by atoms with van der Waals surface area (Å²) >= 11 is 0. The molecule has 0 aromatic heterocycles. The molecule has 0 heterocycles. The second-order valence-electron chi connectivity index (χ2n) is 3.83. The zero-order valence-electron chi connectivity index (χ0n) is 10.6. The zero-order chi connectivity index (χ0) is 14.3. The number of nitrogens with two attached hydrogens (primary N) is 1. The van der Waals surface area contributed by atoms with Crippen molar-refractivity contribution in [1.29, 1.82) is 5.41 Å². The van der Waals surface area contributed by atoms with Crippen LogP contribution in [0.3, 0.4) is 0 Å². The van der Waals surface area contributed by atoms with Crippen LogP contribution < -0.4 is 15.2 Å². The van der Waals surface area contributed by atoms with Crippen molar-refractivity contribution in [3.8, 4) is 0 Å². The van der Waals surface area contributed by atoms with E-state index >= 15 is 0 Å². The average molecular weight is 286 g/mol. The van der Waals surface area contributed by atoms with E-state index in [1.807, 2.05) is 0 Å². The molecule has 0 radical (unpaired) electrons. The molecule has 106 valence electrons. The molecule has 7 nitrogen and oxygen atoms in total. The molecule has 0 aliphatic heterocycles. The first-order valence-corrected chi connectivity index (χ1v) is 7.09. The summed E-state index contributed by atoms with van der Waals surface area (Å²) in [6, 6.07) is 6.83. The summed E-state index contributed by atoms with van der Waals surface area (Å²) in [5, 5.41) is 7.31. The van der Waals surface area contributed by atoms with Gasteiger partial charge in [0.1, 0.15) is 5.84 Å². The number of rotatable bonds is 8. The van der Waals surface area contributed by atoms with Crippen LogP contribution in [0.5, 0.6) is 0 Å². The summed E-state index contributed by atoms with van der Waals surface area (Å²) in [6.07, 6.45) is 0. The Hall–Kier alpha value is -1.48. The first-order chi connectivity index (χ1) is 8.94. The molecule has 0 amide bonds. The first kappa shape index (κ1) is 15.6. The molecule has 0 fully saturated rings. The normalized spacial score (nSPS) is 11.4. The van der Waals surface area contributed by atoms with E-state index in [0.29, 0.717) is 12.2 Å². The number of hydrogen-bond acceptors (Lipinski definition) is 4. The highest BCUT2D eigenvalue weighted by Gasteiger charge is 2.08. The maximum absolute atomic E-state index is 11.6. The van der Waals surface area contributed by atoms with Crippen molar-refractivity contribution >= 4 is 16.0 Å². The van der Waals surface area contributed by atoms with Gasteiger partial charge in [0, 0.05) is 25.8 Å². The summed E-state index contributed by atoms with van der Waals surface area (Å²) in [6.45, 7) is 0.642. The second kappa shape index (κ2) is 7.19. The van der Waals surface area contributed by atoms with Gasteiger partial charge in [0.25, 0.3) is 10.2 Å². The van der Waals surface area contributed by atoms with E-state index in [4.69, 9.17) is 15.9 Å². The van der Waals surface area contributed by atoms with Crippen LogP contribution in [-0.2, 0) is 21.5 Å². The van der Waals surface area contributed by atoms with Crippen LogP contribution in [-0.4, -0.2) is 34.5 Å². The Bertz CT molecular complexity index is 530. The molecular formula is C11H18N4O3S. The Morgan fingerprint density at radius 2 is 2.16 bits per heavy atom. The minimum absolute atomic E-state index is 0.0528. The number of methoxy groups -OCH3 is 1. The van der Waals surface area contributed by atoms with E-state index in [1.54, 1.807) is 24.3 Å². The van der Waals surface area contributed by atoms with Gasteiger partial charge in [-0.1, -0.05) is 18.2 Å². The third kappa shape index (κ3) is 5.79. The maximum Gasteiger partial charge on any atom is 0.277 e. The Morgan fingerprint density at radius 1 is 1.42 bits per heavy atom. The van der Waals surface area contributed by atoms with Crippen LogP contribution in [0, 0.1) is 5.41 Å². The van der Waals surface area contributed by atoms with E-state index in [2.05, 4.69) is 9.44 Å². The van der Waals surface area contributed by atoms with Crippen molar-refractivity contribution in [2.45, 2.75) is 6.54 Å². The molecule has 0 aliphatic carbocycles. The molecular weight excluding hydrogens is 268 g/mol. The largest absolute Gasteiger partial charge is 0.384 e. The molecule has 19 heavy (non-hydrogen) atoms. The number of ether oxygens (including phenoxy) is 1. The summed E-state index contributed by atoms with van der Waals surface area (Å²) in [5.74, 6) is -0.0528. The van der Waals surface area contributed by atoms with Crippen LogP contribution in [0.4, 0.5) is 0 Å². The van der Waals surface area contributed by atoms with Gasteiger partial charge in [0.2, 0.25) is 0 Å². The van der Waals surface area contributed by atoms with Gasteiger partial charge in [-0.3, -0.25) is 5.41 Å². The van der Waals surface area contributed by atoms with Crippen molar-refractivity contribution in [2.75, 3.05) is 20.3 Å².